The zero-order chi connectivity index (χ0) is 16.7. The van der Waals surface area contributed by atoms with Crippen molar-refractivity contribution < 1.29 is 4.79 Å². The second-order valence-corrected chi connectivity index (χ2v) is 6.29. The molecular formula is C16H17ClN6O. The first kappa shape index (κ1) is 15.1. The van der Waals surface area contributed by atoms with Gasteiger partial charge in [0.15, 0.2) is 5.82 Å². The molecule has 0 fully saturated rings. The number of hydrogen-bond donors (Lipinski definition) is 1. The molecule has 0 spiro atoms. The topological polar surface area (TPSA) is 77.1 Å². The van der Waals surface area contributed by atoms with Gasteiger partial charge in [-0.25, -0.2) is 14.6 Å². The van der Waals surface area contributed by atoms with Crippen LogP contribution in [0.25, 0.3) is 5.52 Å². The molecule has 0 aliphatic carbocycles. The van der Waals surface area contributed by atoms with Gasteiger partial charge in [0.25, 0.3) is 5.91 Å². The van der Waals surface area contributed by atoms with Crippen LogP contribution in [0, 0.1) is 0 Å². The summed E-state index contributed by atoms with van der Waals surface area (Å²) in [6, 6.07) is 3.37. The monoisotopic (exact) mass is 344 g/mol. The fourth-order valence-electron chi connectivity index (χ4n) is 3.05. The van der Waals surface area contributed by atoms with E-state index in [1.54, 1.807) is 28.9 Å². The van der Waals surface area contributed by atoms with Crippen LogP contribution in [0.1, 0.15) is 48.1 Å². The maximum Gasteiger partial charge on any atom is 0.288 e. The van der Waals surface area contributed by atoms with Crippen LogP contribution in [0.4, 0.5) is 0 Å². The average molecular weight is 345 g/mol. The minimum atomic E-state index is -0.225. The first-order valence-corrected chi connectivity index (χ1v) is 8.40. The normalized spacial score (nSPS) is 17.0. The van der Waals surface area contributed by atoms with E-state index in [2.05, 4.69) is 20.4 Å². The van der Waals surface area contributed by atoms with Crippen LogP contribution in [-0.4, -0.2) is 30.1 Å². The van der Waals surface area contributed by atoms with E-state index in [-0.39, 0.29) is 11.9 Å². The number of imidazole rings is 1. The van der Waals surface area contributed by atoms with Gasteiger partial charge in [0.2, 0.25) is 5.82 Å². The lowest BCUT2D eigenvalue weighted by atomic mass is 10.1. The summed E-state index contributed by atoms with van der Waals surface area (Å²) in [5.41, 5.74) is 0.785. The van der Waals surface area contributed by atoms with E-state index in [9.17, 15) is 4.79 Å². The average Bonchev–Trinajstić information content (AvgIpc) is 3.18. The van der Waals surface area contributed by atoms with E-state index in [0.717, 1.165) is 43.0 Å². The Hall–Kier alpha value is -2.41. The molecule has 3 aromatic heterocycles. The lowest BCUT2D eigenvalue weighted by molar-refractivity contribution is 0.0916. The number of pyridine rings is 1. The van der Waals surface area contributed by atoms with Crippen molar-refractivity contribution in [3.8, 4) is 0 Å². The zero-order valence-electron chi connectivity index (χ0n) is 13.2. The first-order valence-electron chi connectivity index (χ1n) is 8.03. The molecule has 0 aromatic carbocycles. The summed E-state index contributed by atoms with van der Waals surface area (Å²) in [5.74, 6) is 1.76. The number of nitrogens with zero attached hydrogens (tertiary/aromatic N) is 5. The van der Waals surface area contributed by atoms with Crippen molar-refractivity contribution in [1.29, 1.82) is 0 Å². The van der Waals surface area contributed by atoms with E-state index in [0.29, 0.717) is 10.8 Å². The molecule has 1 amide bonds. The summed E-state index contributed by atoms with van der Waals surface area (Å²) < 4.78 is 3.63. The molecule has 7 nitrogen and oxygen atoms in total. The Balaban J connectivity index is 1.61. The number of aromatic nitrogens is 5. The second-order valence-electron chi connectivity index (χ2n) is 5.85. The molecule has 3 aromatic rings. The van der Waals surface area contributed by atoms with Crippen LogP contribution < -0.4 is 5.32 Å². The van der Waals surface area contributed by atoms with E-state index in [1.165, 1.54) is 0 Å². The van der Waals surface area contributed by atoms with Gasteiger partial charge in [0.05, 0.1) is 17.8 Å². The summed E-state index contributed by atoms with van der Waals surface area (Å²) in [5, 5.41) is 8.12. The third-order valence-corrected chi connectivity index (χ3v) is 4.47. The van der Waals surface area contributed by atoms with Crippen LogP contribution >= 0.6 is 11.6 Å². The lowest BCUT2D eigenvalue weighted by Crippen LogP contribution is -2.34. The quantitative estimate of drug-likeness (QED) is 0.791. The minimum absolute atomic E-state index is 0.140. The van der Waals surface area contributed by atoms with Crippen LogP contribution in [0.15, 0.2) is 24.5 Å². The number of carbonyl (C=O) groups excluding carboxylic acids is 1. The Morgan fingerprint density at radius 3 is 3.21 bits per heavy atom. The van der Waals surface area contributed by atoms with Crippen molar-refractivity contribution in [1.82, 2.24) is 29.5 Å². The Labute approximate surface area is 143 Å². The third-order valence-electron chi connectivity index (χ3n) is 4.24. The number of halogens is 1. The van der Waals surface area contributed by atoms with Gasteiger partial charge in [-0.1, -0.05) is 18.5 Å². The maximum absolute atomic E-state index is 12.7. The molecule has 124 valence electrons. The number of hydrogen-bond acceptors (Lipinski definition) is 4. The molecule has 0 bridgehead atoms. The molecule has 4 rings (SSSR count). The highest BCUT2D eigenvalue weighted by molar-refractivity contribution is 6.30. The number of fused-ring (bicyclic) bond motifs is 2. The van der Waals surface area contributed by atoms with Gasteiger partial charge >= 0.3 is 0 Å². The molecule has 1 aliphatic rings. The van der Waals surface area contributed by atoms with Crippen molar-refractivity contribution >= 4 is 23.0 Å². The van der Waals surface area contributed by atoms with Gasteiger partial charge < -0.3 is 5.32 Å². The Morgan fingerprint density at radius 1 is 1.50 bits per heavy atom. The molecule has 1 unspecified atom stereocenters. The van der Waals surface area contributed by atoms with Gasteiger partial charge in [-0.3, -0.25) is 9.20 Å². The summed E-state index contributed by atoms with van der Waals surface area (Å²) in [7, 11) is 0. The van der Waals surface area contributed by atoms with Gasteiger partial charge in [-0.05, 0) is 25.0 Å². The first-order chi connectivity index (χ1) is 11.7. The van der Waals surface area contributed by atoms with Crippen molar-refractivity contribution in [2.24, 2.45) is 0 Å². The number of amides is 1. The van der Waals surface area contributed by atoms with Crippen LogP contribution in [-0.2, 0) is 13.0 Å². The molecule has 1 atom stereocenters. The molecular weight excluding hydrogens is 328 g/mol. The number of nitrogens with one attached hydrogen (secondary N) is 1. The summed E-state index contributed by atoms with van der Waals surface area (Å²) >= 11 is 5.98. The molecule has 1 aliphatic heterocycles. The summed E-state index contributed by atoms with van der Waals surface area (Å²) in [6.07, 6.45) is 5.98. The van der Waals surface area contributed by atoms with E-state index < -0.39 is 0 Å². The van der Waals surface area contributed by atoms with Gasteiger partial charge in [-0.15, -0.1) is 0 Å². The smallest absolute Gasteiger partial charge is 0.288 e. The second kappa shape index (κ2) is 5.90. The van der Waals surface area contributed by atoms with Crippen molar-refractivity contribution in [3.63, 3.8) is 0 Å². The highest BCUT2D eigenvalue weighted by Gasteiger charge is 2.27. The molecule has 1 N–H and O–H groups in total. The molecule has 8 heteroatoms. The summed E-state index contributed by atoms with van der Waals surface area (Å²) in [4.78, 5) is 21.5. The predicted molar refractivity (Wildman–Crippen MR) is 89.0 cm³/mol. The number of carbonyl (C=O) groups is 1. The molecule has 24 heavy (non-hydrogen) atoms. The maximum atomic E-state index is 12.7. The lowest BCUT2D eigenvalue weighted by Gasteiger charge is -2.22. The highest BCUT2D eigenvalue weighted by Crippen LogP contribution is 2.24. The van der Waals surface area contributed by atoms with Crippen molar-refractivity contribution in [2.45, 2.75) is 38.8 Å². The fourth-order valence-corrected chi connectivity index (χ4v) is 3.22. The Bertz CT molecular complexity index is 915. The molecule has 0 radical (unpaired) electrons. The van der Waals surface area contributed by atoms with E-state index >= 15 is 0 Å². The number of aryl methyl sites for hydroxylation is 2. The number of rotatable bonds is 3. The highest BCUT2D eigenvalue weighted by atomic mass is 35.5. The van der Waals surface area contributed by atoms with Crippen molar-refractivity contribution in [2.75, 3.05) is 0 Å². The van der Waals surface area contributed by atoms with Gasteiger partial charge in [-0.2, -0.15) is 5.10 Å². The van der Waals surface area contributed by atoms with Gasteiger partial charge in [0.1, 0.15) is 5.82 Å². The summed E-state index contributed by atoms with van der Waals surface area (Å²) in [6.45, 7) is 2.87. The van der Waals surface area contributed by atoms with Crippen LogP contribution in [0.5, 0.6) is 0 Å². The predicted octanol–water partition coefficient (Wildman–Crippen LogP) is 2.41. The fraction of sp³-hybridized carbons (Fsp3) is 0.375. The van der Waals surface area contributed by atoms with Gasteiger partial charge in [0, 0.05) is 24.2 Å². The van der Waals surface area contributed by atoms with Crippen LogP contribution in [0.3, 0.4) is 0 Å². The molecule has 0 saturated carbocycles. The Kier molecular flexibility index (Phi) is 3.72. The molecule has 0 saturated heterocycles. The SMILES string of the molecule is CCc1nc2n(n1)CCCC2NC(=O)c1ncc2cc(Cl)ccn12. The third kappa shape index (κ3) is 2.54. The van der Waals surface area contributed by atoms with E-state index in [1.807, 2.05) is 11.6 Å². The minimum Gasteiger partial charge on any atom is -0.339 e. The zero-order valence-corrected chi connectivity index (χ0v) is 14.0. The van der Waals surface area contributed by atoms with Crippen molar-refractivity contribution in [3.05, 3.63) is 47.0 Å². The molecule has 4 heterocycles. The van der Waals surface area contributed by atoms with E-state index in [4.69, 9.17) is 11.6 Å². The van der Waals surface area contributed by atoms with Crippen LogP contribution in [0.2, 0.25) is 5.02 Å². The Morgan fingerprint density at radius 2 is 2.38 bits per heavy atom. The standard InChI is InChI=1S/C16H17ClN6O/c1-2-13-20-14-12(4-3-6-23(14)21-13)19-16(24)15-18-9-11-8-10(17)5-7-22(11)15/h5,7-9,12H,2-4,6H2,1H3,(H,19,24). The largest absolute Gasteiger partial charge is 0.339 e.